The Morgan fingerprint density at radius 2 is 1.89 bits per heavy atom. The Morgan fingerprint density at radius 1 is 1.21 bits per heavy atom. The molecule has 0 saturated heterocycles. The summed E-state index contributed by atoms with van der Waals surface area (Å²) in [7, 11) is 0. The maximum absolute atomic E-state index is 6.37. The molecular formula is C17H35NO. The van der Waals surface area contributed by atoms with Gasteiger partial charge in [0.1, 0.15) is 0 Å². The molecule has 3 atom stereocenters. The monoisotopic (exact) mass is 269 g/mol. The first kappa shape index (κ1) is 17.0. The Labute approximate surface area is 120 Å². The fourth-order valence-electron chi connectivity index (χ4n) is 3.46. The zero-order chi connectivity index (χ0) is 14.5. The van der Waals surface area contributed by atoms with Gasteiger partial charge in [-0.05, 0) is 49.5 Å². The van der Waals surface area contributed by atoms with Crippen LogP contribution in [0, 0.1) is 17.3 Å². The number of hydrogen-bond acceptors (Lipinski definition) is 2. The topological polar surface area (TPSA) is 21.3 Å². The quantitative estimate of drug-likeness (QED) is 0.746. The van der Waals surface area contributed by atoms with E-state index in [9.17, 15) is 0 Å². The van der Waals surface area contributed by atoms with Crippen LogP contribution in [-0.4, -0.2) is 25.3 Å². The van der Waals surface area contributed by atoms with Gasteiger partial charge in [-0.3, -0.25) is 0 Å². The average Bonchev–Trinajstić information content (AvgIpc) is 2.24. The van der Waals surface area contributed by atoms with Crippen molar-refractivity contribution in [1.29, 1.82) is 0 Å². The molecule has 2 nitrogen and oxygen atoms in total. The summed E-state index contributed by atoms with van der Waals surface area (Å²) in [5.74, 6) is 1.51. The van der Waals surface area contributed by atoms with Crippen molar-refractivity contribution in [1.82, 2.24) is 5.32 Å². The van der Waals surface area contributed by atoms with Gasteiger partial charge in [0.15, 0.2) is 0 Å². The van der Waals surface area contributed by atoms with E-state index in [0.717, 1.165) is 25.4 Å². The van der Waals surface area contributed by atoms with Crippen LogP contribution in [0.2, 0.25) is 0 Å². The number of nitrogens with one attached hydrogen (secondary N) is 1. The molecule has 19 heavy (non-hydrogen) atoms. The van der Waals surface area contributed by atoms with E-state index in [1.54, 1.807) is 0 Å². The van der Waals surface area contributed by atoms with Crippen molar-refractivity contribution < 1.29 is 4.74 Å². The van der Waals surface area contributed by atoms with Gasteiger partial charge in [-0.1, -0.05) is 41.5 Å². The average molecular weight is 269 g/mol. The van der Waals surface area contributed by atoms with Crippen molar-refractivity contribution >= 4 is 0 Å². The minimum Gasteiger partial charge on any atom is -0.374 e. The Bertz CT molecular complexity index is 250. The van der Waals surface area contributed by atoms with Crippen LogP contribution in [-0.2, 0) is 4.74 Å². The van der Waals surface area contributed by atoms with Crippen molar-refractivity contribution in [3.8, 4) is 0 Å². The molecule has 0 aromatic carbocycles. The van der Waals surface area contributed by atoms with Gasteiger partial charge in [-0.2, -0.15) is 0 Å². The summed E-state index contributed by atoms with van der Waals surface area (Å²) >= 11 is 0. The molecule has 2 heteroatoms. The lowest BCUT2D eigenvalue weighted by molar-refractivity contribution is -0.0654. The lowest BCUT2D eigenvalue weighted by atomic mass is 9.71. The third kappa shape index (κ3) is 6.76. The first-order valence-electron chi connectivity index (χ1n) is 8.18. The van der Waals surface area contributed by atoms with Crippen LogP contribution in [0.4, 0.5) is 0 Å². The zero-order valence-electron chi connectivity index (χ0n) is 14.0. The van der Waals surface area contributed by atoms with E-state index in [-0.39, 0.29) is 0 Å². The molecule has 0 aromatic rings. The zero-order valence-corrected chi connectivity index (χ0v) is 14.0. The van der Waals surface area contributed by atoms with Crippen molar-refractivity contribution in [2.45, 2.75) is 79.4 Å². The van der Waals surface area contributed by atoms with Crippen molar-refractivity contribution in [3.63, 3.8) is 0 Å². The molecule has 1 saturated carbocycles. The van der Waals surface area contributed by atoms with E-state index >= 15 is 0 Å². The molecule has 0 radical (unpaired) electrons. The van der Waals surface area contributed by atoms with Crippen LogP contribution in [0.25, 0.3) is 0 Å². The second kappa shape index (κ2) is 7.64. The molecule has 0 bridgehead atoms. The maximum Gasteiger partial charge on any atom is 0.0700 e. The SMILES string of the molecule is CCC(CNCC(C)C)OC1CC(C)CC(C)(C)C1. The van der Waals surface area contributed by atoms with Crippen LogP contribution in [0.1, 0.15) is 67.2 Å². The smallest absolute Gasteiger partial charge is 0.0700 e. The summed E-state index contributed by atoms with van der Waals surface area (Å²) in [4.78, 5) is 0. The van der Waals surface area contributed by atoms with Gasteiger partial charge in [-0.25, -0.2) is 0 Å². The van der Waals surface area contributed by atoms with E-state index in [0.29, 0.717) is 23.5 Å². The summed E-state index contributed by atoms with van der Waals surface area (Å²) in [5.41, 5.74) is 0.450. The van der Waals surface area contributed by atoms with E-state index in [4.69, 9.17) is 4.74 Å². The van der Waals surface area contributed by atoms with E-state index < -0.39 is 0 Å². The Hall–Kier alpha value is -0.0800. The van der Waals surface area contributed by atoms with E-state index in [1.807, 2.05) is 0 Å². The van der Waals surface area contributed by atoms with E-state index in [1.165, 1.54) is 19.3 Å². The second-order valence-corrected chi connectivity index (χ2v) is 7.75. The first-order chi connectivity index (χ1) is 8.82. The number of hydrogen-bond donors (Lipinski definition) is 1. The maximum atomic E-state index is 6.37. The minimum absolute atomic E-state index is 0.379. The molecule has 0 spiro atoms. The van der Waals surface area contributed by atoms with Crippen molar-refractivity contribution in [2.75, 3.05) is 13.1 Å². The summed E-state index contributed by atoms with van der Waals surface area (Å²) in [6.45, 7) is 16.0. The van der Waals surface area contributed by atoms with Crippen LogP contribution in [0.3, 0.4) is 0 Å². The Balaban J connectivity index is 2.37. The van der Waals surface area contributed by atoms with Gasteiger partial charge < -0.3 is 10.1 Å². The fourth-order valence-corrected chi connectivity index (χ4v) is 3.46. The molecule has 1 aliphatic rings. The molecule has 1 fully saturated rings. The first-order valence-corrected chi connectivity index (χ1v) is 8.18. The molecule has 0 aliphatic heterocycles. The fraction of sp³-hybridized carbons (Fsp3) is 1.00. The van der Waals surface area contributed by atoms with E-state index in [2.05, 4.69) is 46.9 Å². The van der Waals surface area contributed by atoms with Crippen LogP contribution in [0.5, 0.6) is 0 Å². The highest BCUT2D eigenvalue weighted by molar-refractivity contribution is 4.84. The summed E-state index contributed by atoms with van der Waals surface area (Å²) < 4.78 is 6.37. The van der Waals surface area contributed by atoms with Crippen molar-refractivity contribution in [2.24, 2.45) is 17.3 Å². The third-order valence-corrected chi connectivity index (χ3v) is 4.11. The minimum atomic E-state index is 0.379. The summed E-state index contributed by atoms with van der Waals surface area (Å²) in [6, 6.07) is 0. The van der Waals surface area contributed by atoms with Gasteiger partial charge in [0.05, 0.1) is 12.2 Å². The highest BCUT2D eigenvalue weighted by Gasteiger charge is 2.33. The predicted octanol–water partition coefficient (Wildman–Crippen LogP) is 4.24. The number of rotatable bonds is 7. The van der Waals surface area contributed by atoms with Crippen molar-refractivity contribution in [3.05, 3.63) is 0 Å². The highest BCUT2D eigenvalue weighted by Crippen LogP contribution is 2.40. The highest BCUT2D eigenvalue weighted by atomic mass is 16.5. The normalized spacial score (nSPS) is 28.6. The standard InChI is InChI=1S/C17H35NO/c1-7-15(12-18-11-13(2)3)19-16-8-14(4)9-17(5,6)10-16/h13-16,18H,7-12H2,1-6H3. The summed E-state index contributed by atoms with van der Waals surface area (Å²) in [6.07, 6.45) is 5.75. The predicted molar refractivity (Wildman–Crippen MR) is 83.5 cm³/mol. The van der Waals surface area contributed by atoms with Crippen LogP contribution in [0.15, 0.2) is 0 Å². The molecule has 114 valence electrons. The van der Waals surface area contributed by atoms with Crippen LogP contribution >= 0.6 is 0 Å². The van der Waals surface area contributed by atoms with Gasteiger partial charge in [0, 0.05) is 6.54 Å². The Morgan fingerprint density at radius 3 is 2.42 bits per heavy atom. The lowest BCUT2D eigenvalue weighted by Gasteiger charge is -2.40. The van der Waals surface area contributed by atoms with Gasteiger partial charge in [-0.15, -0.1) is 0 Å². The molecule has 0 heterocycles. The van der Waals surface area contributed by atoms with Gasteiger partial charge in [0.25, 0.3) is 0 Å². The summed E-state index contributed by atoms with van der Waals surface area (Å²) in [5, 5.41) is 3.53. The molecule has 1 rings (SSSR count). The largest absolute Gasteiger partial charge is 0.374 e. The molecule has 1 aliphatic carbocycles. The number of ether oxygens (including phenoxy) is 1. The second-order valence-electron chi connectivity index (χ2n) is 7.75. The Kier molecular flexibility index (Phi) is 6.82. The molecule has 0 aromatic heterocycles. The molecule has 0 amide bonds. The van der Waals surface area contributed by atoms with Gasteiger partial charge >= 0.3 is 0 Å². The van der Waals surface area contributed by atoms with Gasteiger partial charge in [0.2, 0.25) is 0 Å². The lowest BCUT2D eigenvalue weighted by Crippen LogP contribution is -2.38. The van der Waals surface area contributed by atoms with Crippen LogP contribution < -0.4 is 5.32 Å². The third-order valence-electron chi connectivity index (χ3n) is 4.11. The molecular weight excluding hydrogens is 234 g/mol. The molecule has 3 unspecified atom stereocenters. The molecule has 1 N–H and O–H groups in total.